The van der Waals surface area contributed by atoms with Crippen LogP contribution in [0.15, 0.2) is 22.7 Å². The third-order valence-corrected chi connectivity index (χ3v) is 3.01. The fourth-order valence-electron chi connectivity index (χ4n) is 1.63. The Morgan fingerprint density at radius 3 is 2.50 bits per heavy atom. The number of halogens is 4. The van der Waals surface area contributed by atoms with Gasteiger partial charge in [0.05, 0.1) is 5.56 Å². The van der Waals surface area contributed by atoms with Crippen LogP contribution in [-0.2, 0) is 0 Å². The number of nitrogens with two attached hydrogens (primary N) is 1. The number of nitrogens with one attached hydrogen (secondary N) is 1. The first-order valence-electron chi connectivity index (χ1n) is 5.21. The van der Waals surface area contributed by atoms with Crippen molar-refractivity contribution in [2.24, 2.45) is 5.73 Å². The monoisotopic (exact) mass is 323 g/mol. The van der Waals surface area contributed by atoms with Crippen LogP contribution in [0.4, 0.5) is 18.9 Å². The van der Waals surface area contributed by atoms with Gasteiger partial charge < -0.3 is 10.6 Å². The zero-order valence-electron chi connectivity index (χ0n) is 9.68. The number of rotatable bonds is 4. The van der Waals surface area contributed by atoms with Crippen molar-refractivity contribution in [3.63, 3.8) is 0 Å². The van der Waals surface area contributed by atoms with Gasteiger partial charge in [-0.1, -0.05) is 6.07 Å². The highest BCUT2D eigenvalue weighted by Gasteiger charge is 2.31. The van der Waals surface area contributed by atoms with Crippen molar-refractivity contribution in [2.45, 2.75) is 13.1 Å². The van der Waals surface area contributed by atoms with Crippen LogP contribution >= 0.6 is 15.9 Å². The zero-order chi connectivity index (χ0) is 13.9. The molecule has 0 radical (unpaired) electrons. The molecule has 3 nitrogen and oxygen atoms in total. The first-order valence-corrected chi connectivity index (χ1v) is 6.00. The van der Waals surface area contributed by atoms with Gasteiger partial charge in [0, 0.05) is 16.7 Å². The highest BCUT2D eigenvalue weighted by atomic mass is 79.9. The molecule has 1 aromatic rings. The maximum Gasteiger partial charge on any atom is 0.405 e. The zero-order valence-corrected chi connectivity index (χ0v) is 11.3. The number of alkyl halides is 3. The summed E-state index contributed by atoms with van der Waals surface area (Å²) in [6.07, 6.45) is -4.30. The van der Waals surface area contributed by atoms with Crippen LogP contribution in [0.3, 0.4) is 0 Å². The van der Waals surface area contributed by atoms with Crippen molar-refractivity contribution in [3.05, 3.63) is 28.2 Å². The first-order chi connectivity index (χ1) is 8.26. The van der Waals surface area contributed by atoms with E-state index in [2.05, 4.69) is 15.9 Å². The molecule has 0 aliphatic carbocycles. The van der Waals surface area contributed by atoms with Gasteiger partial charge in [-0.2, -0.15) is 13.2 Å². The molecule has 1 aromatic carbocycles. The summed E-state index contributed by atoms with van der Waals surface area (Å²) < 4.78 is 37.9. The Hall–Kier alpha value is -1.24. The minimum absolute atomic E-state index is 0.177. The molecule has 18 heavy (non-hydrogen) atoms. The lowest BCUT2D eigenvalue weighted by molar-refractivity contribution is -0.119. The Labute approximate surface area is 111 Å². The Morgan fingerprint density at radius 2 is 2.06 bits per heavy atom. The molecule has 0 heterocycles. The van der Waals surface area contributed by atoms with Crippen LogP contribution in [0.5, 0.6) is 0 Å². The molecule has 0 spiro atoms. The van der Waals surface area contributed by atoms with Gasteiger partial charge in [0.2, 0.25) is 0 Å². The minimum Gasteiger partial charge on any atom is -0.384 e. The third kappa shape index (κ3) is 3.63. The Bertz CT molecular complexity index is 446. The maximum atomic E-state index is 12.5. The number of hydrogen-bond donors (Lipinski definition) is 2. The van der Waals surface area contributed by atoms with Gasteiger partial charge in [-0.3, -0.25) is 5.41 Å². The molecule has 7 heteroatoms. The van der Waals surface area contributed by atoms with E-state index in [4.69, 9.17) is 11.1 Å². The maximum absolute atomic E-state index is 12.5. The molecule has 0 fully saturated rings. The summed E-state index contributed by atoms with van der Waals surface area (Å²) in [6.45, 7) is 0.729. The number of nitrogen functional groups attached to an aromatic ring is 1. The molecule has 0 saturated carbocycles. The average molecular weight is 324 g/mol. The lowest BCUT2D eigenvalue weighted by atomic mass is 10.1. The number of amidine groups is 1. The Morgan fingerprint density at radius 1 is 1.44 bits per heavy atom. The van der Waals surface area contributed by atoms with Gasteiger partial charge in [0.15, 0.2) is 0 Å². The van der Waals surface area contributed by atoms with E-state index in [9.17, 15) is 13.2 Å². The van der Waals surface area contributed by atoms with Gasteiger partial charge in [0.25, 0.3) is 0 Å². The van der Waals surface area contributed by atoms with Gasteiger partial charge in [-0.05, 0) is 35.0 Å². The van der Waals surface area contributed by atoms with E-state index in [1.807, 2.05) is 0 Å². The second-order valence-electron chi connectivity index (χ2n) is 3.68. The molecule has 0 amide bonds. The second kappa shape index (κ2) is 5.60. The lowest BCUT2D eigenvalue weighted by Crippen LogP contribution is -2.35. The minimum atomic E-state index is -4.30. The molecule has 0 aromatic heterocycles. The largest absolute Gasteiger partial charge is 0.405 e. The third-order valence-electron chi connectivity index (χ3n) is 2.35. The molecule has 0 aliphatic rings. The fraction of sp³-hybridized carbons (Fsp3) is 0.364. The molecule has 0 unspecified atom stereocenters. The van der Waals surface area contributed by atoms with Gasteiger partial charge in [0.1, 0.15) is 12.4 Å². The van der Waals surface area contributed by atoms with Crippen LogP contribution in [0.2, 0.25) is 0 Å². The number of hydrogen-bond acceptors (Lipinski definition) is 2. The highest BCUT2D eigenvalue weighted by molar-refractivity contribution is 9.10. The Balaban J connectivity index is 3.21. The van der Waals surface area contributed by atoms with Crippen molar-refractivity contribution >= 4 is 27.5 Å². The first kappa shape index (κ1) is 14.8. The predicted molar refractivity (Wildman–Crippen MR) is 69.1 cm³/mol. The molecule has 100 valence electrons. The predicted octanol–water partition coefficient (Wildman–Crippen LogP) is 3.12. The van der Waals surface area contributed by atoms with E-state index >= 15 is 0 Å². The molecule has 1 rings (SSSR count). The lowest BCUT2D eigenvalue weighted by Gasteiger charge is -2.26. The van der Waals surface area contributed by atoms with Gasteiger partial charge in [-0.15, -0.1) is 0 Å². The van der Waals surface area contributed by atoms with Crippen molar-refractivity contribution in [3.8, 4) is 0 Å². The molecule has 0 saturated heterocycles. The number of benzene rings is 1. The van der Waals surface area contributed by atoms with E-state index in [0.717, 1.165) is 4.90 Å². The Kier molecular flexibility index (Phi) is 4.61. The summed E-state index contributed by atoms with van der Waals surface area (Å²) in [5.74, 6) is -0.266. The van der Waals surface area contributed by atoms with E-state index in [1.54, 1.807) is 19.1 Å². The van der Waals surface area contributed by atoms with Gasteiger partial charge in [-0.25, -0.2) is 0 Å². The summed E-state index contributed by atoms with van der Waals surface area (Å²) in [7, 11) is 0. The smallest absolute Gasteiger partial charge is 0.384 e. The normalized spacial score (nSPS) is 11.4. The second-order valence-corrected chi connectivity index (χ2v) is 4.53. The summed E-state index contributed by atoms with van der Waals surface area (Å²) in [6, 6.07) is 4.78. The van der Waals surface area contributed by atoms with Gasteiger partial charge >= 0.3 is 6.18 Å². The molecule has 0 atom stereocenters. The summed E-state index contributed by atoms with van der Waals surface area (Å²) in [5.41, 5.74) is 6.00. The van der Waals surface area contributed by atoms with Crippen LogP contribution in [0, 0.1) is 5.41 Å². The van der Waals surface area contributed by atoms with Crippen LogP contribution in [0.25, 0.3) is 0 Å². The van der Waals surface area contributed by atoms with Crippen LogP contribution < -0.4 is 10.6 Å². The SMILES string of the molecule is CCN(CC(F)(F)F)c1cccc(Br)c1C(=N)N. The van der Waals surface area contributed by atoms with E-state index in [0.29, 0.717) is 10.2 Å². The van der Waals surface area contributed by atoms with Crippen molar-refractivity contribution in [1.29, 1.82) is 5.41 Å². The molecule has 3 N–H and O–H groups in total. The van der Waals surface area contributed by atoms with Crippen molar-refractivity contribution in [1.82, 2.24) is 0 Å². The molecular formula is C11H13BrF3N3. The number of anilines is 1. The van der Waals surface area contributed by atoms with Crippen LogP contribution in [-0.4, -0.2) is 25.1 Å². The average Bonchev–Trinajstić information content (AvgIpc) is 2.23. The van der Waals surface area contributed by atoms with Crippen LogP contribution in [0.1, 0.15) is 12.5 Å². The quantitative estimate of drug-likeness (QED) is 0.660. The molecule has 0 bridgehead atoms. The van der Waals surface area contributed by atoms with E-state index in [1.165, 1.54) is 6.07 Å². The van der Waals surface area contributed by atoms with E-state index < -0.39 is 12.7 Å². The topological polar surface area (TPSA) is 53.1 Å². The standard InChI is InChI=1S/C11H13BrF3N3/c1-2-18(6-11(13,14)15)8-5-3-4-7(12)9(8)10(16)17/h3-5H,2,6H2,1H3,(H3,16,17). The highest BCUT2D eigenvalue weighted by Crippen LogP contribution is 2.29. The van der Waals surface area contributed by atoms with E-state index in [-0.39, 0.29) is 17.9 Å². The number of nitrogens with zero attached hydrogens (tertiary/aromatic N) is 1. The summed E-state index contributed by atoms with van der Waals surface area (Å²) >= 11 is 3.20. The van der Waals surface area contributed by atoms with Crippen molar-refractivity contribution < 1.29 is 13.2 Å². The van der Waals surface area contributed by atoms with Crippen molar-refractivity contribution in [2.75, 3.05) is 18.0 Å². The molecule has 0 aliphatic heterocycles. The molecular weight excluding hydrogens is 311 g/mol. The fourth-order valence-corrected chi connectivity index (χ4v) is 2.20. The summed E-state index contributed by atoms with van der Waals surface area (Å²) in [5, 5.41) is 7.46. The summed E-state index contributed by atoms with van der Waals surface area (Å²) in [4.78, 5) is 1.14.